The third kappa shape index (κ3) is 6.83. The summed E-state index contributed by atoms with van der Waals surface area (Å²) in [5.74, 6) is -1.87. The molecule has 0 spiro atoms. The molecule has 4 N–H and O–H groups in total. The van der Waals surface area contributed by atoms with Crippen molar-refractivity contribution < 1.29 is 27.4 Å². The van der Waals surface area contributed by atoms with Crippen molar-refractivity contribution in [1.82, 2.24) is 9.97 Å². The van der Waals surface area contributed by atoms with Gasteiger partial charge in [-0.1, -0.05) is 12.1 Å². The van der Waals surface area contributed by atoms with Crippen LogP contribution >= 0.6 is 10.6 Å². The molecule has 1 atom stereocenters. The number of hydrogen-bond acceptors (Lipinski definition) is 7. The first-order valence-electron chi connectivity index (χ1n) is 13.8. The third-order valence-electron chi connectivity index (χ3n) is 7.45. The van der Waals surface area contributed by atoms with Crippen LogP contribution in [0.3, 0.4) is 0 Å². The zero-order chi connectivity index (χ0) is 30.9. The molecule has 12 heteroatoms. The average molecular weight is 604 g/mol. The standard InChI is InChI=1S/C30H39F2N5O4S/c1-19(2)42(39,40)29(4,5)25-17-26(37-15-16-41-18-20(37)3)36-27(35-25)21-7-11-23(12-8-21)33-28(38)34-24-13-9-22(10-14-24)30(6,31)32/h7-14,17,19-20,39-40H,15-16,18H2,1-6H3,(H2,33,34,38)/t20-/m0/s1. The normalized spacial score (nSPS) is 16.8. The highest BCUT2D eigenvalue weighted by atomic mass is 32.3. The second kappa shape index (κ2) is 12.1. The number of rotatable bonds is 8. The van der Waals surface area contributed by atoms with E-state index < -0.39 is 27.3 Å². The SMILES string of the molecule is CC(C)S(O)(O)C(C)(C)c1cc(N2CCOC[C@@H]2C)nc(-c2ccc(NC(=O)Nc3ccc(C(C)(F)F)cc3)cc2)n1. The highest BCUT2D eigenvalue weighted by Crippen LogP contribution is 2.60. The number of carbonyl (C=O) groups excluding carboxylic acids is 1. The summed E-state index contributed by atoms with van der Waals surface area (Å²) in [6.07, 6.45) is 0. The molecule has 1 aromatic heterocycles. The largest absolute Gasteiger partial charge is 0.377 e. The van der Waals surface area contributed by atoms with Crippen molar-refractivity contribution in [3.05, 3.63) is 65.9 Å². The molecule has 228 valence electrons. The van der Waals surface area contributed by atoms with E-state index in [0.717, 1.165) is 6.92 Å². The van der Waals surface area contributed by atoms with Crippen LogP contribution in [0.15, 0.2) is 54.6 Å². The number of amides is 2. The van der Waals surface area contributed by atoms with E-state index in [1.807, 2.05) is 13.0 Å². The van der Waals surface area contributed by atoms with Crippen LogP contribution in [-0.4, -0.2) is 56.2 Å². The molecule has 1 fully saturated rings. The predicted molar refractivity (Wildman–Crippen MR) is 165 cm³/mol. The zero-order valence-corrected chi connectivity index (χ0v) is 25.5. The van der Waals surface area contributed by atoms with Crippen LogP contribution in [0.25, 0.3) is 11.4 Å². The van der Waals surface area contributed by atoms with Crippen molar-refractivity contribution in [1.29, 1.82) is 0 Å². The summed E-state index contributed by atoms with van der Waals surface area (Å²) in [6.45, 7) is 11.7. The van der Waals surface area contributed by atoms with E-state index >= 15 is 0 Å². The lowest BCUT2D eigenvalue weighted by atomic mass is 10.1. The van der Waals surface area contributed by atoms with Gasteiger partial charge in [0.1, 0.15) is 5.82 Å². The quantitative estimate of drug-likeness (QED) is 0.210. The lowest BCUT2D eigenvalue weighted by Crippen LogP contribution is -2.44. The van der Waals surface area contributed by atoms with E-state index in [0.29, 0.717) is 54.0 Å². The Kier molecular flexibility index (Phi) is 9.12. The van der Waals surface area contributed by atoms with Crippen molar-refractivity contribution in [3.8, 4) is 11.4 Å². The van der Waals surface area contributed by atoms with Gasteiger partial charge >= 0.3 is 6.03 Å². The molecule has 0 aliphatic carbocycles. The highest BCUT2D eigenvalue weighted by molar-refractivity contribution is 8.25. The van der Waals surface area contributed by atoms with Crippen LogP contribution in [0, 0.1) is 0 Å². The molecule has 0 unspecified atom stereocenters. The molecule has 0 radical (unpaired) electrons. The molecule has 1 saturated heterocycles. The van der Waals surface area contributed by atoms with Gasteiger partial charge < -0.3 is 20.3 Å². The Morgan fingerprint density at radius 1 is 1.02 bits per heavy atom. The van der Waals surface area contributed by atoms with Crippen LogP contribution in [0.4, 0.5) is 30.8 Å². The van der Waals surface area contributed by atoms with Gasteiger partial charge in [0.25, 0.3) is 5.92 Å². The van der Waals surface area contributed by atoms with E-state index in [4.69, 9.17) is 14.7 Å². The minimum absolute atomic E-state index is 0.0719. The van der Waals surface area contributed by atoms with Crippen molar-refractivity contribution in [3.63, 3.8) is 0 Å². The molecule has 9 nitrogen and oxygen atoms in total. The fourth-order valence-corrected chi connectivity index (χ4v) is 6.26. The van der Waals surface area contributed by atoms with E-state index in [2.05, 4.69) is 15.5 Å². The number of nitrogens with zero attached hydrogens (tertiary/aromatic N) is 3. The number of morpholine rings is 1. The number of urea groups is 1. The number of hydrogen-bond donors (Lipinski definition) is 4. The van der Waals surface area contributed by atoms with E-state index in [9.17, 15) is 22.7 Å². The summed E-state index contributed by atoms with van der Waals surface area (Å²) in [5, 5.41) is 4.98. The van der Waals surface area contributed by atoms with Gasteiger partial charge in [0.05, 0.1) is 29.7 Å². The van der Waals surface area contributed by atoms with E-state index in [-0.39, 0.29) is 16.9 Å². The van der Waals surface area contributed by atoms with Gasteiger partial charge in [-0.2, -0.15) is 10.6 Å². The van der Waals surface area contributed by atoms with E-state index in [1.54, 1.807) is 52.0 Å². The first-order chi connectivity index (χ1) is 19.6. The highest BCUT2D eigenvalue weighted by Gasteiger charge is 2.40. The number of anilines is 3. The van der Waals surface area contributed by atoms with Gasteiger partial charge in [0.2, 0.25) is 0 Å². The summed E-state index contributed by atoms with van der Waals surface area (Å²) in [6, 6.07) is 13.7. The summed E-state index contributed by atoms with van der Waals surface area (Å²) in [5.41, 5.74) is 1.93. The second-order valence-corrected chi connectivity index (χ2v) is 14.5. The molecule has 0 saturated carbocycles. The van der Waals surface area contributed by atoms with E-state index in [1.165, 1.54) is 24.3 Å². The van der Waals surface area contributed by atoms with Gasteiger partial charge in [-0.3, -0.25) is 9.11 Å². The Bertz CT molecular complexity index is 1400. The van der Waals surface area contributed by atoms with Crippen molar-refractivity contribution >= 4 is 33.8 Å². The lowest BCUT2D eigenvalue weighted by Gasteiger charge is -2.49. The number of nitrogens with one attached hydrogen (secondary N) is 2. The molecule has 1 aliphatic heterocycles. The third-order valence-corrected chi connectivity index (χ3v) is 10.5. The maximum atomic E-state index is 13.5. The molecule has 4 rings (SSSR count). The van der Waals surface area contributed by atoms with Crippen LogP contribution in [-0.2, 0) is 15.4 Å². The number of benzene rings is 2. The number of carbonyl (C=O) groups is 1. The zero-order valence-electron chi connectivity index (χ0n) is 24.7. The van der Waals surface area contributed by atoms with Gasteiger partial charge in [-0.05, 0) is 71.0 Å². The summed E-state index contributed by atoms with van der Waals surface area (Å²) < 4.78 is 53.7. The smallest absolute Gasteiger partial charge is 0.323 e. The minimum Gasteiger partial charge on any atom is -0.377 e. The first-order valence-corrected chi connectivity index (χ1v) is 15.4. The summed E-state index contributed by atoms with van der Waals surface area (Å²) in [7, 11) is -3.07. The van der Waals surface area contributed by atoms with Gasteiger partial charge in [0.15, 0.2) is 5.82 Å². The molecular weight excluding hydrogens is 564 g/mol. The minimum atomic E-state index is -3.07. The molecule has 2 aromatic carbocycles. The second-order valence-electron chi connectivity index (χ2n) is 11.3. The lowest BCUT2D eigenvalue weighted by molar-refractivity contribution is 0.0175. The number of ether oxygens (including phenoxy) is 1. The fraction of sp³-hybridized carbons (Fsp3) is 0.433. The maximum absolute atomic E-state index is 13.5. The number of aromatic nitrogens is 2. The number of alkyl halides is 2. The molecule has 0 bridgehead atoms. The molecule has 1 aliphatic rings. The fourth-order valence-electron chi connectivity index (χ4n) is 4.67. The Labute approximate surface area is 247 Å². The van der Waals surface area contributed by atoms with Crippen LogP contribution < -0.4 is 15.5 Å². The molecule has 3 aromatic rings. The molecule has 42 heavy (non-hydrogen) atoms. The number of halogens is 2. The Hall–Kier alpha value is -3.32. The summed E-state index contributed by atoms with van der Waals surface area (Å²) in [4.78, 5) is 24.3. The van der Waals surface area contributed by atoms with Crippen LogP contribution in [0.5, 0.6) is 0 Å². The van der Waals surface area contributed by atoms with Gasteiger partial charge in [0, 0.05) is 47.3 Å². The molecule has 2 amide bonds. The summed E-state index contributed by atoms with van der Waals surface area (Å²) >= 11 is 0. The first kappa shape index (κ1) is 31.6. The van der Waals surface area contributed by atoms with Gasteiger partial charge in [-0.25, -0.2) is 23.5 Å². The molecular formula is C30H39F2N5O4S. The Balaban J connectivity index is 1.59. The average Bonchev–Trinajstić information content (AvgIpc) is 2.93. The van der Waals surface area contributed by atoms with Crippen LogP contribution in [0.1, 0.15) is 52.8 Å². The maximum Gasteiger partial charge on any atom is 0.323 e. The van der Waals surface area contributed by atoms with Crippen LogP contribution in [0.2, 0.25) is 0 Å². The van der Waals surface area contributed by atoms with Crippen molar-refractivity contribution in [2.24, 2.45) is 0 Å². The topological polar surface area (TPSA) is 120 Å². The van der Waals surface area contributed by atoms with Gasteiger partial charge in [-0.15, -0.1) is 0 Å². The predicted octanol–water partition coefficient (Wildman–Crippen LogP) is 7.52. The van der Waals surface area contributed by atoms with Crippen molar-refractivity contribution in [2.45, 2.75) is 63.5 Å². The Morgan fingerprint density at radius 3 is 2.12 bits per heavy atom. The molecule has 2 heterocycles. The Morgan fingerprint density at radius 2 is 1.60 bits per heavy atom. The monoisotopic (exact) mass is 603 g/mol. The van der Waals surface area contributed by atoms with Crippen molar-refractivity contribution in [2.75, 3.05) is 35.3 Å².